The van der Waals surface area contributed by atoms with E-state index in [0.29, 0.717) is 22.0 Å². The van der Waals surface area contributed by atoms with E-state index < -0.39 is 11.9 Å². The van der Waals surface area contributed by atoms with E-state index in [4.69, 9.17) is 23.2 Å². The minimum absolute atomic E-state index is 0.0514. The second-order valence-corrected chi connectivity index (χ2v) is 7.89. The minimum Gasteiger partial charge on any atom is -0.352 e. The van der Waals surface area contributed by atoms with Crippen molar-refractivity contribution in [3.63, 3.8) is 0 Å². The Labute approximate surface area is 181 Å². The van der Waals surface area contributed by atoms with Crippen LogP contribution in [-0.4, -0.2) is 28.8 Å². The first-order valence-electron chi connectivity index (χ1n) is 9.50. The molecule has 1 N–H and O–H groups in total. The molecular formula is C22H25Cl2FN2O2. The van der Waals surface area contributed by atoms with Crippen LogP contribution in [0.5, 0.6) is 0 Å². The second kappa shape index (κ2) is 10.6. The lowest BCUT2D eigenvalue weighted by Crippen LogP contribution is -2.50. The fraction of sp³-hybridized carbons (Fsp3) is 0.364. The lowest BCUT2D eigenvalue weighted by Gasteiger charge is -2.32. The molecule has 0 radical (unpaired) electrons. The average molecular weight is 439 g/mol. The molecular weight excluding hydrogens is 414 g/mol. The van der Waals surface area contributed by atoms with Crippen molar-refractivity contribution in [1.82, 2.24) is 10.2 Å². The Balaban J connectivity index is 2.39. The molecule has 2 amide bonds. The number of carbonyl (C=O) groups is 2. The Kier molecular flexibility index (Phi) is 8.47. The van der Waals surface area contributed by atoms with Crippen molar-refractivity contribution in [3.05, 3.63) is 69.5 Å². The van der Waals surface area contributed by atoms with Crippen molar-refractivity contribution in [2.75, 3.05) is 0 Å². The summed E-state index contributed by atoms with van der Waals surface area (Å²) in [4.78, 5) is 27.4. The molecule has 2 aromatic rings. The van der Waals surface area contributed by atoms with Crippen molar-refractivity contribution in [2.45, 2.75) is 52.2 Å². The van der Waals surface area contributed by atoms with Crippen molar-refractivity contribution in [1.29, 1.82) is 0 Å². The zero-order valence-electron chi connectivity index (χ0n) is 16.7. The summed E-state index contributed by atoms with van der Waals surface area (Å²) in [6.07, 6.45) is 0.226. The Morgan fingerprint density at radius 1 is 1.07 bits per heavy atom. The molecule has 0 saturated heterocycles. The molecule has 0 bridgehead atoms. The van der Waals surface area contributed by atoms with Gasteiger partial charge in [-0.1, -0.05) is 54.4 Å². The number of rotatable bonds is 8. The number of nitrogens with one attached hydrogen (secondary N) is 1. The van der Waals surface area contributed by atoms with Crippen LogP contribution >= 0.6 is 23.2 Å². The van der Waals surface area contributed by atoms with Gasteiger partial charge in [-0.2, -0.15) is 0 Å². The highest BCUT2D eigenvalue weighted by atomic mass is 35.5. The van der Waals surface area contributed by atoms with E-state index in [9.17, 15) is 14.0 Å². The van der Waals surface area contributed by atoms with Crippen LogP contribution in [-0.2, 0) is 22.6 Å². The van der Waals surface area contributed by atoms with Crippen molar-refractivity contribution < 1.29 is 14.0 Å². The molecule has 0 unspecified atom stereocenters. The maximum Gasteiger partial charge on any atom is 0.243 e. The van der Waals surface area contributed by atoms with Gasteiger partial charge in [0.1, 0.15) is 11.9 Å². The first-order valence-corrected chi connectivity index (χ1v) is 10.3. The van der Waals surface area contributed by atoms with Gasteiger partial charge in [0.25, 0.3) is 0 Å². The van der Waals surface area contributed by atoms with Gasteiger partial charge >= 0.3 is 0 Å². The molecule has 0 fully saturated rings. The van der Waals surface area contributed by atoms with Gasteiger partial charge in [-0.15, -0.1) is 0 Å². The normalized spacial score (nSPS) is 12.0. The number of carbonyl (C=O) groups excluding carboxylic acids is 2. The summed E-state index contributed by atoms with van der Waals surface area (Å²) in [6.45, 7) is 5.57. The van der Waals surface area contributed by atoms with Crippen LogP contribution in [0.3, 0.4) is 0 Å². The zero-order valence-corrected chi connectivity index (χ0v) is 18.2. The molecule has 0 aliphatic carbocycles. The van der Waals surface area contributed by atoms with Gasteiger partial charge in [0.15, 0.2) is 0 Å². The Morgan fingerprint density at radius 2 is 1.69 bits per heavy atom. The summed E-state index contributed by atoms with van der Waals surface area (Å²) in [5.41, 5.74) is 0.820. The van der Waals surface area contributed by atoms with E-state index in [0.717, 1.165) is 0 Å². The summed E-state index contributed by atoms with van der Waals surface area (Å²) in [5, 5.41) is 3.65. The van der Waals surface area contributed by atoms with Gasteiger partial charge in [-0.05, 0) is 44.0 Å². The highest BCUT2D eigenvalue weighted by Crippen LogP contribution is 2.27. The average Bonchev–Trinajstić information content (AvgIpc) is 2.65. The molecule has 0 aromatic heterocycles. The summed E-state index contributed by atoms with van der Waals surface area (Å²) in [7, 11) is 0. The van der Waals surface area contributed by atoms with Crippen molar-refractivity contribution in [2.24, 2.45) is 0 Å². The molecule has 0 spiro atoms. The number of benzene rings is 2. The number of hydrogen-bond acceptors (Lipinski definition) is 2. The van der Waals surface area contributed by atoms with Gasteiger partial charge in [0, 0.05) is 28.2 Å². The first kappa shape index (κ1) is 23.2. The molecule has 0 aliphatic rings. The van der Waals surface area contributed by atoms with Crippen LogP contribution in [0.2, 0.25) is 10.0 Å². The topological polar surface area (TPSA) is 49.4 Å². The highest BCUT2D eigenvalue weighted by Gasteiger charge is 2.30. The maximum absolute atomic E-state index is 14.1. The minimum atomic E-state index is -0.732. The van der Waals surface area contributed by atoms with Crippen molar-refractivity contribution in [3.8, 4) is 0 Å². The molecule has 0 aliphatic heterocycles. The Hall–Kier alpha value is -2.11. The summed E-state index contributed by atoms with van der Waals surface area (Å²) in [5.74, 6) is -1.11. The molecule has 2 aromatic carbocycles. The van der Waals surface area contributed by atoms with Gasteiger partial charge in [0.2, 0.25) is 11.8 Å². The predicted octanol–water partition coefficient (Wildman–Crippen LogP) is 5.01. The Bertz CT molecular complexity index is 853. The van der Waals surface area contributed by atoms with E-state index >= 15 is 0 Å². The van der Waals surface area contributed by atoms with Gasteiger partial charge in [-0.3, -0.25) is 9.59 Å². The van der Waals surface area contributed by atoms with Crippen LogP contribution in [0.15, 0.2) is 42.5 Å². The number of hydrogen-bond donors (Lipinski definition) is 1. The van der Waals surface area contributed by atoms with Gasteiger partial charge in [-0.25, -0.2) is 4.39 Å². The van der Waals surface area contributed by atoms with E-state index in [1.165, 1.54) is 11.0 Å². The third-order valence-electron chi connectivity index (χ3n) is 4.51. The fourth-order valence-electron chi connectivity index (χ4n) is 3.06. The molecule has 0 heterocycles. The van der Waals surface area contributed by atoms with Crippen LogP contribution in [0.1, 0.15) is 38.3 Å². The van der Waals surface area contributed by atoms with Crippen LogP contribution in [0.4, 0.5) is 4.39 Å². The van der Waals surface area contributed by atoms with Gasteiger partial charge < -0.3 is 10.2 Å². The quantitative estimate of drug-likeness (QED) is 0.629. The number of nitrogens with zero attached hydrogens (tertiary/aromatic N) is 1. The van der Waals surface area contributed by atoms with E-state index in [1.54, 1.807) is 36.4 Å². The fourth-order valence-corrected chi connectivity index (χ4v) is 3.58. The van der Waals surface area contributed by atoms with Crippen LogP contribution in [0.25, 0.3) is 0 Å². The van der Waals surface area contributed by atoms with E-state index in [2.05, 4.69) is 5.32 Å². The maximum atomic E-state index is 14.1. The largest absolute Gasteiger partial charge is 0.352 e. The molecule has 156 valence electrons. The van der Waals surface area contributed by atoms with Crippen LogP contribution < -0.4 is 5.32 Å². The van der Waals surface area contributed by atoms with E-state index in [-0.39, 0.29) is 36.4 Å². The number of halogens is 3. The molecule has 29 heavy (non-hydrogen) atoms. The molecule has 1 atom stereocenters. The van der Waals surface area contributed by atoms with Crippen LogP contribution in [0, 0.1) is 5.82 Å². The first-order chi connectivity index (χ1) is 13.7. The smallest absolute Gasteiger partial charge is 0.243 e. The monoisotopic (exact) mass is 438 g/mol. The molecule has 7 heteroatoms. The SMILES string of the molecule is CC[C@@H](C(=O)NC(C)C)N(Cc1c(Cl)cccc1Cl)C(=O)Cc1ccccc1F. The zero-order chi connectivity index (χ0) is 21.6. The predicted molar refractivity (Wildman–Crippen MR) is 114 cm³/mol. The summed E-state index contributed by atoms with van der Waals surface area (Å²) < 4.78 is 14.1. The van der Waals surface area contributed by atoms with E-state index in [1.807, 2.05) is 20.8 Å². The second-order valence-electron chi connectivity index (χ2n) is 7.08. The Morgan fingerprint density at radius 3 is 2.24 bits per heavy atom. The van der Waals surface area contributed by atoms with Crippen molar-refractivity contribution >= 4 is 35.0 Å². The lowest BCUT2D eigenvalue weighted by molar-refractivity contribution is -0.141. The number of amides is 2. The van der Waals surface area contributed by atoms with Gasteiger partial charge in [0.05, 0.1) is 6.42 Å². The molecule has 2 rings (SSSR count). The third kappa shape index (κ3) is 6.18. The summed E-state index contributed by atoms with van der Waals surface area (Å²) in [6, 6.07) is 10.4. The molecule has 4 nitrogen and oxygen atoms in total. The standard InChI is InChI=1S/C22H25Cl2FN2O2/c1-4-20(22(29)26-14(2)3)27(13-16-17(23)9-7-10-18(16)24)21(28)12-15-8-5-6-11-19(15)25/h5-11,14,20H,4,12-13H2,1-3H3,(H,26,29)/t20-/m0/s1. The highest BCUT2D eigenvalue weighted by molar-refractivity contribution is 6.36. The summed E-state index contributed by atoms with van der Waals surface area (Å²) >= 11 is 12.6. The lowest BCUT2D eigenvalue weighted by atomic mass is 10.1. The molecule has 0 saturated carbocycles. The third-order valence-corrected chi connectivity index (χ3v) is 5.21.